The van der Waals surface area contributed by atoms with Crippen LogP contribution in [0.2, 0.25) is 0 Å². The molecule has 29 heavy (non-hydrogen) atoms. The largest absolute Gasteiger partial charge is 0.435 e. The molecule has 2 N–H and O–H groups in total. The van der Waals surface area contributed by atoms with Gasteiger partial charge < -0.3 is 10.6 Å². The molecule has 0 bridgehead atoms. The molecule has 1 saturated heterocycles. The van der Waals surface area contributed by atoms with Gasteiger partial charge in [-0.05, 0) is 61.5 Å². The summed E-state index contributed by atoms with van der Waals surface area (Å²) in [5.41, 5.74) is 0.492. The summed E-state index contributed by atoms with van der Waals surface area (Å²) in [5, 5.41) is 9.81. The highest BCUT2D eigenvalue weighted by molar-refractivity contribution is 5.85. The number of carbonyl (C=O) groups is 1. The molecule has 1 fully saturated rings. The molecule has 1 aromatic carbocycles. The molecule has 0 saturated carbocycles. The number of nitrogens with one attached hydrogen (secondary N) is 2. The number of rotatable bonds is 6. The Balaban J connectivity index is 0.00000300. The third-order valence-electron chi connectivity index (χ3n) is 5.27. The van der Waals surface area contributed by atoms with Gasteiger partial charge in [-0.2, -0.15) is 18.3 Å². The zero-order valence-corrected chi connectivity index (χ0v) is 17.0. The van der Waals surface area contributed by atoms with E-state index < -0.39 is 11.9 Å². The molecule has 1 atom stereocenters. The topological polar surface area (TPSA) is 59.0 Å². The van der Waals surface area contributed by atoms with E-state index in [1.807, 2.05) is 0 Å². The Morgan fingerprint density at radius 1 is 1.24 bits per heavy atom. The lowest BCUT2D eigenvalue weighted by Crippen LogP contribution is -2.33. The predicted molar refractivity (Wildman–Crippen MR) is 107 cm³/mol. The van der Waals surface area contributed by atoms with Crippen LogP contribution in [0.25, 0.3) is 5.69 Å². The molecule has 1 aliphatic heterocycles. The van der Waals surface area contributed by atoms with Gasteiger partial charge in [0.25, 0.3) is 0 Å². The molecule has 1 aromatic heterocycles. The quantitative estimate of drug-likeness (QED) is 0.729. The summed E-state index contributed by atoms with van der Waals surface area (Å²) >= 11 is 0. The zero-order valence-electron chi connectivity index (χ0n) is 16.2. The molecule has 2 heterocycles. The first-order valence-corrected chi connectivity index (χ1v) is 9.52. The third kappa shape index (κ3) is 6.47. The zero-order chi connectivity index (χ0) is 20.1. The Hall–Kier alpha value is -2.06. The average molecular weight is 431 g/mol. The molecule has 1 aliphatic rings. The van der Waals surface area contributed by atoms with Crippen molar-refractivity contribution in [1.82, 2.24) is 20.4 Å². The van der Waals surface area contributed by atoms with Crippen molar-refractivity contribution in [2.24, 2.45) is 11.8 Å². The van der Waals surface area contributed by atoms with Gasteiger partial charge in [0.2, 0.25) is 5.91 Å². The maximum absolute atomic E-state index is 12.6. The number of aromatic nitrogens is 2. The van der Waals surface area contributed by atoms with Crippen LogP contribution in [0.4, 0.5) is 13.2 Å². The van der Waals surface area contributed by atoms with Crippen molar-refractivity contribution in [2.75, 3.05) is 13.1 Å². The van der Waals surface area contributed by atoms with Gasteiger partial charge >= 0.3 is 6.18 Å². The molecule has 9 heteroatoms. The molecule has 5 nitrogen and oxygen atoms in total. The molecule has 3 rings (SSSR count). The van der Waals surface area contributed by atoms with Crippen molar-refractivity contribution in [2.45, 2.75) is 38.9 Å². The lowest BCUT2D eigenvalue weighted by Gasteiger charge is -2.27. The van der Waals surface area contributed by atoms with Crippen LogP contribution < -0.4 is 10.6 Å². The van der Waals surface area contributed by atoms with E-state index in [1.54, 1.807) is 24.3 Å². The van der Waals surface area contributed by atoms with Crippen LogP contribution in [0, 0.1) is 11.8 Å². The number of halogens is 4. The van der Waals surface area contributed by atoms with E-state index in [2.05, 4.69) is 22.7 Å². The number of amides is 1. The van der Waals surface area contributed by atoms with Gasteiger partial charge in [0.05, 0.1) is 5.69 Å². The van der Waals surface area contributed by atoms with Crippen molar-refractivity contribution in [3.63, 3.8) is 0 Å². The summed E-state index contributed by atoms with van der Waals surface area (Å²) in [6.45, 7) is 4.56. The van der Waals surface area contributed by atoms with Crippen LogP contribution in [0.15, 0.2) is 36.5 Å². The number of nitrogens with zero attached hydrogens (tertiary/aromatic N) is 2. The van der Waals surface area contributed by atoms with Crippen LogP contribution in [0.1, 0.15) is 37.4 Å². The van der Waals surface area contributed by atoms with Crippen molar-refractivity contribution < 1.29 is 18.0 Å². The lowest BCUT2D eigenvalue weighted by atomic mass is 9.84. The molecule has 1 unspecified atom stereocenters. The maximum atomic E-state index is 12.6. The fraction of sp³-hybridized carbons (Fsp3) is 0.500. The number of hydrogen-bond donors (Lipinski definition) is 2. The van der Waals surface area contributed by atoms with Gasteiger partial charge in [-0.1, -0.05) is 19.1 Å². The normalized spacial score (nSPS) is 16.1. The van der Waals surface area contributed by atoms with E-state index in [9.17, 15) is 18.0 Å². The summed E-state index contributed by atoms with van der Waals surface area (Å²) in [6, 6.07) is 7.87. The lowest BCUT2D eigenvalue weighted by molar-refractivity contribution is -0.141. The first kappa shape index (κ1) is 23.2. The van der Waals surface area contributed by atoms with E-state index >= 15 is 0 Å². The SMILES string of the molecule is CC(CC(=O)NCc1ccc(-n2ccc(C(F)(F)F)n2)cc1)C1CCNCC1.Cl. The number of alkyl halides is 3. The van der Waals surface area contributed by atoms with E-state index in [0.29, 0.717) is 30.5 Å². The van der Waals surface area contributed by atoms with Gasteiger partial charge in [0.1, 0.15) is 0 Å². The van der Waals surface area contributed by atoms with Crippen molar-refractivity contribution in [3.8, 4) is 5.69 Å². The van der Waals surface area contributed by atoms with E-state index in [1.165, 1.54) is 10.9 Å². The highest BCUT2D eigenvalue weighted by atomic mass is 35.5. The Morgan fingerprint density at radius 3 is 2.48 bits per heavy atom. The highest BCUT2D eigenvalue weighted by Crippen LogP contribution is 2.28. The standard InChI is InChI=1S/C20H25F3N4O.ClH/c1-14(16-6-9-24-10-7-16)12-19(28)25-13-15-2-4-17(5-3-15)27-11-8-18(26-27)20(21,22)23;/h2-5,8,11,14,16,24H,6-7,9-10,12-13H2,1H3,(H,25,28);1H. The van der Waals surface area contributed by atoms with Crippen molar-refractivity contribution in [1.29, 1.82) is 0 Å². The van der Waals surface area contributed by atoms with Gasteiger partial charge in [-0.3, -0.25) is 4.79 Å². The Morgan fingerprint density at radius 2 is 1.90 bits per heavy atom. The summed E-state index contributed by atoms with van der Waals surface area (Å²) in [7, 11) is 0. The van der Waals surface area contributed by atoms with Gasteiger partial charge in [-0.25, -0.2) is 4.68 Å². The van der Waals surface area contributed by atoms with Crippen molar-refractivity contribution >= 4 is 18.3 Å². The van der Waals surface area contributed by atoms with E-state index in [4.69, 9.17) is 0 Å². The second kappa shape index (κ2) is 10.1. The number of benzene rings is 1. The number of hydrogen-bond acceptors (Lipinski definition) is 3. The van der Waals surface area contributed by atoms with Crippen molar-refractivity contribution in [3.05, 3.63) is 47.8 Å². The number of piperidine rings is 1. The Bertz CT molecular complexity index is 786. The van der Waals surface area contributed by atoms with Gasteiger partial charge in [-0.15, -0.1) is 12.4 Å². The first-order valence-electron chi connectivity index (χ1n) is 9.52. The Labute approximate surface area is 174 Å². The van der Waals surface area contributed by atoms with Crippen LogP contribution in [0.5, 0.6) is 0 Å². The molecule has 0 radical (unpaired) electrons. The summed E-state index contributed by atoms with van der Waals surface area (Å²) < 4.78 is 39.1. The van der Waals surface area contributed by atoms with Crippen LogP contribution >= 0.6 is 12.4 Å². The fourth-order valence-electron chi connectivity index (χ4n) is 3.53. The molecular formula is C20H26ClF3N4O. The predicted octanol–water partition coefficient (Wildman–Crippen LogP) is 3.95. The molecule has 160 valence electrons. The van der Waals surface area contributed by atoms with Gasteiger partial charge in [0, 0.05) is 19.2 Å². The summed E-state index contributed by atoms with van der Waals surface area (Å²) in [6.07, 6.45) is -0.447. The Kier molecular flexibility index (Phi) is 8.10. The smallest absolute Gasteiger partial charge is 0.352 e. The molecule has 1 amide bonds. The van der Waals surface area contributed by atoms with Crippen LogP contribution in [0.3, 0.4) is 0 Å². The van der Waals surface area contributed by atoms with E-state index in [0.717, 1.165) is 37.6 Å². The summed E-state index contributed by atoms with van der Waals surface area (Å²) in [5.74, 6) is 0.964. The number of carbonyl (C=O) groups excluding carboxylic acids is 1. The minimum Gasteiger partial charge on any atom is -0.352 e. The maximum Gasteiger partial charge on any atom is 0.435 e. The molecule has 2 aromatic rings. The third-order valence-corrected chi connectivity index (χ3v) is 5.27. The fourth-order valence-corrected chi connectivity index (χ4v) is 3.53. The minimum atomic E-state index is -4.46. The second-order valence-corrected chi connectivity index (χ2v) is 7.36. The first-order chi connectivity index (χ1) is 13.3. The summed E-state index contributed by atoms with van der Waals surface area (Å²) in [4.78, 5) is 12.2. The molecular weight excluding hydrogens is 405 g/mol. The highest BCUT2D eigenvalue weighted by Gasteiger charge is 2.33. The average Bonchev–Trinajstić information content (AvgIpc) is 3.18. The van der Waals surface area contributed by atoms with E-state index in [-0.39, 0.29) is 18.3 Å². The minimum absolute atomic E-state index is 0. The monoisotopic (exact) mass is 430 g/mol. The van der Waals surface area contributed by atoms with Crippen LogP contribution in [-0.2, 0) is 17.5 Å². The van der Waals surface area contributed by atoms with Gasteiger partial charge in [0.15, 0.2) is 5.69 Å². The molecule has 0 spiro atoms. The van der Waals surface area contributed by atoms with Crippen LogP contribution in [-0.4, -0.2) is 28.8 Å². The second-order valence-electron chi connectivity index (χ2n) is 7.36. The molecule has 0 aliphatic carbocycles.